The lowest BCUT2D eigenvalue weighted by Gasteiger charge is -2.39. The molecule has 1 unspecified atom stereocenters. The largest absolute Gasteiger partial charge is 0.497 e. The van der Waals surface area contributed by atoms with Gasteiger partial charge in [-0.1, -0.05) is 103 Å². The first-order valence-electron chi connectivity index (χ1n) is 17.5. The second-order valence-corrected chi connectivity index (χ2v) is 14.0. The lowest BCUT2D eigenvalue weighted by molar-refractivity contribution is -0.144. The fourth-order valence-corrected chi connectivity index (χ4v) is 6.59. The molecule has 1 aliphatic carbocycles. The SMILES string of the molecule is COc1ccc(CN(C(=O)OC(C)(C)C)[C@@H]2[C@@H](OCc3ccccc3)[C@@H](OCc3ccccc3)[C@H](OCc3ccccc3)[C@H]2C(O)CC(=O)O)cc1. The summed E-state index contributed by atoms with van der Waals surface area (Å²) >= 11 is 0. The normalized spacial score (nSPS) is 20.6. The van der Waals surface area contributed by atoms with Gasteiger partial charge in [0.25, 0.3) is 0 Å². The first kappa shape index (κ1) is 38.5. The van der Waals surface area contributed by atoms with E-state index < -0.39 is 60.5 Å². The second kappa shape index (κ2) is 18.1. The molecule has 0 spiro atoms. The molecule has 10 heteroatoms. The molecule has 0 bridgehead atoms. The number of carboxylic acids is 1. The molecular weight excluding hydrogens is 662 g/mol. The molecule has 0 aliphatic heterocycles. The fraction of sp³-hybridized carbons (Fsp3) is 0.381. The van der Waals surface area contributed by atoms with Crippen molar-refractivity contribution in [2.45, 2.75) is 89.6 Å². The van der Waals surface area contributed by atoms with Gasteiger partial charge in [0.05, 0.1) is 51.6 Å². The molecule has 1 fully saturated rings. The van der Waals surface area contributed by atoms with Gasteiger partial charge in [-0.05, 0) is 55.2 Å². The molecule has 1 saturated carbocycles. The van der Waals surface area contributed by atoms with E-state index >= 15 is 0 Å². The third-order valence-corrected chi connectivity index (χ3v) is 8.94. The van der Waals surface area contributed by atoms with Crippen molar-refractivity contribution in [3.05, 3.63) is 138 Å². The van der Waals surface area contributed by atoms with Crippen LogP contribution in [0.15, 0.2) is 115 Å². The molecule has 0 saturated heterocycles. The summed E-state index contributed by atoms with van der Waals surface area (Å²) in [5, 5.41) is 21.9. The fourth-order valence-electron chi connectivity index (χ4n) is 6.59. The van der Waals surface area contributed by atoms with Crippen molar-refractivity contribution in [1.29, 1.82) is 0 Å². The predicted molar refractivity (Wildman–Crippen MR) is 195 cm³/mol. The highest BCUT2D eigenvalue weighted by atomic mass is 16.6. The Labute approximate surface area is 305 Å². The molecular formula is C42H49NO9. The summed E-state index contributed by atoms with van der Waals surface area (Å²) in [6, 6.07) is 35.2. The number of nitrogens with zero attached hydrogens (tertiary/aromatic N) is 1. The van der Waals surface area contributed by atoms with E-state index in [2.05, 4.69) is 0 Å². The van der Waals surface area contributed by atoms with Gasteiger partial charge in [-0.25, -0.2) is 4.79 Å². The van der Waals surface area contributed by atoms with Gasteiger partial charge in [0, 0.05) is 12.5 Å². The van der Waals surface area contributed by atoms with E-state index in [4.69, 9.17) is 23.7 Å². The van der Waals surface area contributed by atoms with E-state index in [0.29, 0.717) is 5.75 Å². The highest BCUT2D eigenvalue weighted by molar-refractivity contribution is 5.69. The topological polar surface area (TPSA) is 124 Å². The van der Waals surface area contributed by atoms with E-state index in [1.54, 1.807) is 40.0 Å². The molecule has 0 heterocycles. The van der Waals surface area contributed by atoms with Crippen LogP contribution in [-0.2, 0) is 50.1 Å². The van der Waals surface area contributed by atoms with Crippen molar-refractivity contribution in [2.75, 3.05) is 7.11 Å². The Kier molecular flexibility index (Phi) is 13.4. The minimum absolute atomic E-state index is 0.0574. The van der Waals surface area contributed by atoms with E-state index in [9.17, 15) is 19.8 Å². The molecule has 10 nitrogen and oxygen atoms in total. The Morgan fingerprint density at radius 3 is 1.58 bits per heavy atom. The van der Waals surface area contributed by atoms with Crippen molar-refractivity contribution < 1.29 is 43.5 Å². The number of carbonyl (C=O) groups is 2. The van der Waals surface area contributed by atoms with Gasteiger partial charge in [-0.2, -0.15) is 0 Å². The van der Waals surface area contributed by atoms with Crippen LogP contribution in [0, 0.1) is 5.92 Å². The highest BCUT2D eigenvalue weighted by Crippen LogP contribution is 2.42. The van der Waals surface area contributed by atoms with Crippen LogP contribution >= 0.6 is 0 Å². The van der Waals surface area contributed by atoms with Crippen LogP contribution < -0.4 is 4.74 Å². The molecule has 0 radical (unpaired) electrons. The van der Waals surface area contributed by atoms with E-state index in [-0.39, 0.29) is 26.4 Å². The number of aliphatic hydroxyl groups excluding tert-OH is 1. The Bertz CT molecular complexity index is 1680. The number of aliphatic hydroxyl groups is 1. The average molecular weight is 712 g/mol. The van der Waals surface area contributed by atoms with Crippen LogP contribution in [-0.4, -0.2) is 70.3 Å². The Hall–Kier alpha value is -4.74. The van der Waals surface area contributed by atoms with E-state index in [0.717, 1.165) is 22.3 Å². The third-order valence-electron chi connectivity index (χ3n) is 8.94. The molecule has 5 rings (SSSR count). The maximum Gasteiger partial charge on any atom is 0.410 e. The summed E-state index contributed by atoms with van der Waals surface area (Å²) in [6.07, 6.45) is -5.31. The lowest BCUT2D eigenvalue weighted by atomic mass is 9.90. The van der Waals surface area contributed by atoms with Crippen LogP contribution in [0.5, 0.6) is 5.75 Å². The third kappa shape index (κ3) is 10.6. The van der Waals surface area contributed by atoms with Gasteiger partial charge in [-0.15, -0.1) is 0 Å². The van der Waals surface area contributed by atoms with Crippen molar-refractivity contribution >= 4 is 12.1 Å². The van der Waals surface area contributed by atoms with Crippen LogP contribution in [0.1, 0.15) is 49.4 Å². The maximum atomic E-state index is 14.4. The van der Waals surface area contributed by atoms with Gasteiger partial charge in [0.1, 0.15) is 23.6 Å². The molecule has 276 valence electrons. The Morgan fingerprint density at radius 2 is 1.13 bits per heavy atom. The summed E-state index contributed by atoms with van der Waals surface area (Å²) in [5.41, 5.74) is 2.56. The Balaban J connectivity index is 1.64. The van der Waals surface area contributed by atoms with Crippen molar-refractivity contribution in [3.63, 3.8) is 0 Å². The van der Waals surface area contributed by atoms with Gasteiger partial charge < -0.3 is 33.9 Å². The standard InChI is InChI=1S/C42H49NO9/c1-42(2,3)52-41(47)43(25-29-20-22-33(48-4)23-21-29)37-36(34(44)24-35(45)46)38(49-26-30-14-8-5-9-15-30)40(51-28-32-18-12-7-13-19-32)39(37)50-27-31-16-10-6-11-17-31/h5-23,34,36-40,44H,24-28H2,1-4H3,(H,45,46)/t34?,36-,37-,38+,39+,40-/m0/s1. The highest BCUT2D eigenvalue weighted by Gasteiger charge is 2.59. The average Bonchev–Trinajstić information content (AvgIpc) is 3.44. The van der Waals surface area contributed by atoms with Crippen molar-refractivity contribution in [3.8, 4) is 5.75 Å². The molecule has 52 heavy (non-hydrogen) atoms. The maximum absolute atomic E-state index is 14.4. The number of benzene rings is 4. The molecule has 6 atom stereocenters. The number of amides is 1. The zero-order chi connectivity index (χ0) is 37.1. The first-order chi connectivity index (χ1) is 25.0. The minimum Gasteiger partial charge on any atom is -0.497 e. The van der Waals surface area contributed by atoms with E-state index in [1.165, 1.54) is 4.90 Å². The van der Waals surface area contributed by atoms with Gasteiger partial charge >= 0.3 is 12.1 Å². The second-order valence-electron chi connectivity index (χ2n) is 14.0. The summed E-state index contributed by atoms with van der Waals surface area (Å²) in [4.78, 5) is 28.1. The van der Waals surface area contributed by atoms with Crippen LogP contribution in [0.4, 0.5) is 4.79 Å². The molecule has 0 aromatic heterocycles. The number of methoxy groups -OCH3 is 1. The molecule has 4 aromatic carbocycles. The van der Waals surface area contributed by atoms with Gasteiger partial charge in [-0.3, -0.25) is 9.69 Å². The zero-order valence-electron chi connectivity index (χ0n) is 30.2. The smallest absolute Gasteiger partial charge is 0.410 e. The number of hydrogen-bond donors (Lipinski definition) is 2. The van der Waals surface area contributed by atoms with E-state index in [1.807, 2.05) is 103 Å². The van der Waals surface area contributed by atoms with Crippen molar-refractivity contribution in [2.24, 2.45) is 5.92 Å². The van der Waals surface area contributed by atoms with Crippen LogP contribution in [0.3, 0.4) is 0 Å². The first-order valence-corrected chi connectivity index (χ1v) is 17.5. The predicted octanol–water partition coefficient (Wildman–Crippen LogP) is 7.02. The number of hydrogen-bond acceptors (Lipinski definition) is 8. The molecule has 4 aromatic rings. The summed E-state index contributed by atoms with van der Waals surface area (Å²) in [5.74, 6) is -1.51. The van der Waals surface area contributed by atoms with Crippen LogP contribution in [0.25, 0.3) is 0 Å². The van der Waals surface area contributed by atoms with Gasteiger partial charge in [0.15, 0.2) is 0 Å². The zero-order valence-corrected chi connectivity index (χ0v) is 30.2. The monoisotopic (exact) mass is 711 g/mol. The number of rotatable bonds is 16. The number of carbonyl (C=O) groups excluding carboxylic acids is 1. The summed E-state index contributed by atoms with van der Waals surface area (Å²) in [6.45, 7) is 5.89. The molecule has 1 aliphatic rings. The summed E-state index contributed by atoms with van der Waals surface area (Å²) in [7, 11) is 1.58. The van der Waals surface area contributed by atoms with Crippen LogP contribution in [0.2, 0.25) is 0 Å². The summed E-state index contributed by atoms with van der Waals surface area (Å²) < 4.78 is 31.5. The molecule has 1 amide bonds. The number of ether oxygens (including phenoxy) is 5. The quantitative estimate of drug-likeness (QED) is 0.126. The Morgan fingerprint density at radius 1 is 0.673 bits per heavy atom. The number of aliphatic carboxylic acids is 1. The number of carboxylic acid groups (broad SMARTS) is 1. The van der Waals surface area contributed by atoms with Crippen molar-refractivity contribution in [1.82, 2.24) is 4.90 Å². The minimum atomic E-state index is -1.45. The lowest BCUT2D eigenvalue weighted by Crippen LogP contribution is -2.53. The molecule has 2 N–H and O–H groups in total. The van der Waals surface area contributed by atoms with Gasteiger partial charge in [0.2, 0.25) is 0 Å².